The van der Waals surface area contributed by atoms with Crippen molar-refractivity contribution in [2.75, 3.05) is 26.2 Å². The highest BCUT2D eigenvalue weighted by atomic mass is 16.2. The van der Waals surface area contributed by atoms with Crippen molar-refractivity contribution >= 4 is 5.91 Å². The van der Waals surface area contributed by atoms with Crippen LogP contribution < -0.4 is 5.73 Å². The summed E-state index contributed by atoms with van der Waals surface area (Å²) in [5.74, 6) is 0.308. The van der Waals surface area contributed by atoms with E-state index in [1.165, 1.54) is 19.3 Å². The molecule has 20 heavy (non-hydrogen) atoms. The van der Waals surface area contributed by atoms with Crippen molar-refractivity contribution in [2.24, 2.45) is 11.1 Å². The first-order valence-electron chi connectivity index (χ1n) is 8.19. The van der Waals surface area contributed by atoms with Gasteiger partial charge < -0.3 is 10.6 Å². The van der Waals surface area contributed by atoms with Crippen LogP contribution in [0.25, 0.3) is 0 Å². The van der Waals surface area contributed by atoms with Crippen molar-refractivity contribution < 1.29 is 4.79 Å². The van der Waals surface area contributed by atoms with Gasteiger partial charge in [-0.1, -0.05) is 6.42 Å². The van der Waals surface area contributed by atoms with E-state index in [2.05, 4.69) is 25.7 Å². The highest BCUT2D eigenvalue weighted by Crippen LogP contribution is 2.26. The Morgan fingerprint density at radius 2 is 1.80 bits per heavy atom. The Balaban J connectivity index is 1.92. The minimum Gasteiger partial charge on any atom is -0.342 e. The Bertz CT molecular complexity index is 335. The predicted molar refractivity (Wildman–Crippen MR) is 82.5 cm³/mol. The van der Waals surface area contributed by atoms with Crippen LogP contribution in [0.2, 0.25) is 0 Å². The summed E-state index contributed by atoms with van der Waals surface area (Å²) in [6, 6.07) is 0.898. The van der Waals surface area contributed by atoms with Crippen molar-refractivity contribution in [1.82, 2.24) is 9.80 Å². The third kappa shape index (κ3) is 3.73. The molecule has 0 aromatic rings. The lowest BCUT2D eigenvalue weighted by atomic mass is 9.88. The Morgan fingerprint density at radius 1 is 1.15 bits per heavy atom. The smallest absolute Gasteiger partial charge is 0.229 e. The maximum Gasteiger partial charge on any atom is 0.229 e. The van der Waals surface area contributed by atoms with E-state index in [4.69, 9.17) is 5.73 Å². The first-order valence-corrected chi connectivity index (χ1v) is 8.19. The van der Waals surface area contributed by atoms with E-state index in [0.717, 1.165) is 39.0 Å². The van der Waals surface area contributed by atoms with Crippen LogP contribution in [0.15, 0.2) is 0 Å². The van der Waals surface area contributed by atoms with Crippen LogP contribution in [0.5, 0.6) is 0 Å². The van der Waals surface area contributed by atoms with Gasteiger partial charge in [0.05, 0.1) is 5.41 Å². The van der Waals surface area contributed by atoms with E-state index in [0.29, 0.717) is 11.9 Å². The fourth-order valence-corrected chi connectivity index (χ4v) is 3.50. The second-order valence-corrected chi connectivity index (χ2v) is 7.33. The van der Waals surface area contributed by atoms with Gasteiger partial charge in [0.15, 0.2) is 0 Å². The number of carbonyl (C=O) groups excluding carboxylic acids is 1. The Hall–Kier alpha value is -0.610. The number of hydrogen-bond acceptors (Lipinski definition) is 3. The van der Waals surface area contributed by atoms with E-state index < -0.39 is 0 Å². The first-order chi connectivity index (χ1) is 9.40. The van der Waals surface area contributed by atoms with Crippen molar-refractivity contribution in [3.63, 3.8) is 0 Å². The van der Waals surface area contributed by atoms with Crippen LogP contribution in [0, 0.1) is 5.41 Å². The largest absolute Gasteiger partial charge is 0.342 e. The molecule has 4 nitrogen and oxygen atoms in total. The molecule has 2 saturated heterocycles. The zero-order valence-electron chi connectivity index (χ0n) is 13.4. The molecular formula is C16H31N3O. The highest BCUT2D eigenvalue weighted by molar-refractivity contribution is 5.82. The highest BCUT2D eigenvalue weighted by Gasteiger charge is 2.36. The fourth-order valence-electron chi connectivity index (χ4n) is 3.50. The lowest BCUT2D eigenvalue weighted by Gasteiger charge is -2.41. The van der Waals surface area contributed by atoms with Gasteiger partial charge in [-0.2, -0.15) is 0 Å². The van der Waals surface area contributed by atoms with Gasteiger partial charge in [0.25, 0.3) is 0 Å². The quantitative estimate of drug-likeness (QED) is 0.858. The molecule has 1 atom stereocenters. The summed E-state index contributed by atoms with van der Waals surface area (Å²) >= 11 is 0. The zero-order chi connectivity index (χ0) is 14.8. The summed E-state index contributed by atoms with van der Waals surface area (Å²) in [6.07, 6.45) is 5.76. The molecule has 2 N–H and O–H groups in total. The molecule has 0 radical (unpaired) electrons. The summed E-state index contributed by atoms with van der Waals surface area (Å²) < 4.78 is 0. The fraction of sp³-hybridized carbons (Fsp3) is 0.938. The number of hydrogen-bond donors (Lipinski definition) is 1. The number of piperidine rings is 2. The Labute approximate surface area is 123 Å². The van der Waals surface area contributed by atoms with Gasteiger partial charge in [0.1, 0.15) is 0 Å². The molecule has 0 saturated carbocycles. The summed E-state index contributed by atoms with van der Waals surface area (Å²) in [6.45, 7) is 10.2. The summed E-state index contributed by atoms with van der Waals surface area (Å²) in [5, 5.41) is 0. The second kappa shape index (κ2) is 6.44. The standard InChI is InChI=1S/C16H31N3O/c1-13-6-4-5-9-19(13)12-16(2,3)15(20)18-10-7-14(17)8-11-18/h13-14H,4-12,17H2,1-3H3. The lowest BCUT2D eigenvalue weighted by Crippen LogP contribution is -2.52. The molecule has 0 aliphatic carbocycles. The molecule has 2 heterocycles. The number of rotatable bonds is 3. The van der Waals surface area contributed by atoms with Crippen molar-refractivity contribution in [2.45, 2.75) is 65.0 Å². The number of carbonyl (C=O) groups is 1. The predicted octanol–water partition coefficient (Wildman–Crippen LogP) is 1.84. The molecule has 116 valence electrons. The SMILES string of the molecule is CC1CCCCN1CC(C)(C)C(=O)N1CCC(N)CC1. The lowest BCUT2D eigenvalue weighted by molar-refractivity contribution is -0.143. The van der Waals surface area contributed by atoms with E-state index in [9.17, 15) is 4.79 Å². The van der Waals surface area contributed by atoms with Gasteiger partial charge in [0, 0.05) is 31.7 Å². The van der Waals surface area contributed by atoms with Gasteiger partial charge in [-0.15, -0.1) is 0 Å². The third-order valence-electron chi connectivity index (χ3n) is 4.94. The van der Waals surface area contributed by atoms with E-state index >= 15 is 0 Å². The van der Waals surface area contributed by atoms with Gasteiger partial charge in [-0.05, 0) is 53.0 Å². The number of likely N-dealkylation sites (tertiary alicyclic amines) is 2. The topological polar surface area (TPSA) is 49.6 Å². The molecule has 0 bridgehead atoms. The van der Waals surface area contributed by atoms with Crippen molar-refractivity contribution in [3.8, 4) is 0 Å². The van der Waals surface area contributed by atoms with Crippen LogP contribution >= 0.6 is 0 Å². The summed E-state index contributed by atoms with van der Waals surface area (Å²) in [7, 11) is 0. The van der Waals surface area contributed by atoms with E-state index in [-0.39, 0.29) is 11.5 Å². The zero-order valence-corrected chi connectivity index (χ0v) is 13.4. The number of nitrogens with two attached hydrogens (primary N) is 1. The molecule has 4 heteroatoms. The molecule has 0 spiro atoms. The van der Waals surface area contributed by atoms with Gasteiger partial charge >= 0.3 is 0 Å². The summed E-state index contributed by atoms with van der Waals surface area (Å²) in [5.41, 5.74) is 5.64. The van der Waals surface area contributed by atoms with E-state index in [1.807, 2.05) is 4.90 Å². The first kappa shape index (κ1) is 15.8. The van der Waals surface area contributed by atoms with Crippen LogP contribution in [-0.2, 0) is 4.79 Å². The third-order valence-corrected chi connectivity index (χ3v) is 4.94. The normalized spacial score (nSPS) is 26.8. The average molecular weight is 281 g/mol. The Morgan fingerprint density at radius 3 is 2.40 bits per heavy atom. The minimum absolute atomic E-state index is 0.282. The summed E-state index contributed by atoms with van der Waals surface area (Å²) in [4.78, 5) is 17.3. The van der Waals surface area contributed by atoms with Gasteiger partial charge in [0.2, 0.25) is 5.91 Å². The van der Waals surface area contributed by atoms with Crippen LogP contribution in [-0.4, -0.2) is 54.0 Å². The number of amides is 1. The maximum atomic E-state index is 12.8. The molecule has 0 aromatic heterocycles. The molecule has 2 fully saturated rings. The van der Waals surface area contributed by atoms with Crippen molar-refractivity contribution in [1.29, 1.82) is 0 Å². The van der Waals surface area contributed by atoms with Crippen LogP contribution in [0.3, 0.4) is 0 Å². The second-order valence-electron chi connectivity index (χ2n) is 7.33. The van der Waals surface area contributed by atoms with Crippen LogP contribution in [0.1, 0.15) is 52.9 Å². The number of nitrogens with zero attached hydrogens (tertiary/aromatic N) is 2. The molecule has 2 aliphatic rings. The molecule has 1 amide bonds. The molecule has 2 aliphatic heterocycles. The van der Waals surface area contributed by atoms with Crippen molar-refractivity contribution in [3.05, 3.63) is 0 Å². The average Bonchev–Trinajstić information content (AvgIpc) is 2.41. The van der Waals surface area contributed by atoms with E-state index in [1.54, 1.807) is 0 Å². The van der Waals surface area contributed by atoms with Crippen LogP contribution in [0.4, 0.5) is 0 Å². The Kier molecular flexibility index (Phi) is 5.08. The molecular weight excluding hydrogens is 250 g/mol. The minimum atomic E-state index is -0.285. The monoisotopic (exact) mass is 281 g/mol. The van der Waals surface area contributed by atoms with Gasteiger partial charge in [-0.25, -0.2) is 0 Å². The molecule has 1 unspecified atom stereocenters. The molecule has 0 aromatic carbocycles. The van der Waals surface area contributed by atoms with Gasteiger partial charge in [-0.3, -0.25) is 9.69 Å². The maximum absolute atomic E-state index is 12.8. The molecule has 2 rings (SSSR count).